The number of nitrogens with one attached hydrogen (secondary N) is 2. The Kier molecular flexibility index (Phi) is 5.72. The minimum Gasteiger partial charge on any atom is -0.370 e. The molecule has 0 amide bonds. The van der Waals surface area contributed by atoms with Crippen LogP contribution >= 0.6 is 11.8 Å². The Labute approximate surface area is 114 Å². The Balaban J connectivity index is 2.90. The van der Waals surface area contributed by atoms with Crippen molar-refractivity contribution in [2.24, 2.45) is 0 Å². The van der Waals surface area contributed by atoms with Crippen molar-refractivity contribution in [2.45, 2.75) is 51.2 Å². The highest BCUT2D eigenvalue weighted by Gasteiger charge is 2.17. The first-order chi connectivity index (χ1) is 8.50. The average molecular weight is 268 g/mol. The third-order valence-electron chi connectivity index (χ3n) is 2.59. The summed E-state index contributed by atoms with van der Waals surface area (Å²) in [6.07, 6.45) is 4.26. The first-order valence-corrected chi connectivity index (χ1v) is 7.68. The average Bonchev–Trinajstić information content (AvgIpc) is 2.28. The molecule has 0 atom stereocenters. The van der Waals surface area contributed by atoms with Crippen molar-refractivity contribution in [1.82, 2.24) is 9.97 Å². The minimum atomic E-state index is 0.0578. The van der Waals surface area contributed by atoms with Crippen LogP contribution < -0.4 is 10.6 Å². The lowest BCUT2D eigenvalue weighted by molar-refractivity contribution is 0.508. The second-order valence-electron chi connectivity index (χ2n) is 4.91. The summed E-state index contributed by atoms with van der Waals surface area (Å²) < 4.78 is 0. The second kappa shape index (κ2) is 6.83. The molecule has 4 nitrogen and oxygen atoms in total. The first-order valence-electron chi connectivity index (χ1n) is 6.46. The second-order valence-corrected chi connectivity index (χ2v) is 5.69. The van der Waals surface area contributed by atoms with Gasteiger partial charge in [-0.3, -0.25) is 0 Å². The van der Waals surface area contributed by atoms with E-state index >= 15 is 0 Å². The van der Waals surface area contributed by atoms with E-state index in [1.54, 1.807) is 11.8 Å². The third kappa shape index (κ3) is 4.72. The molecule has 1 aromatic rings. The van der Waals surface area contributed by atoms with Gasteiger partial charge in [0.2, 0.25) is 0 Å². The topological polar surface area (TPSA) is 49.8 Å². The molecule has 18 heavy (non-hydrogen) atoms. The van der Waals surface area contributed by atoms with Crippen molar-refractivity contribution in [3.05, 3.63) is 6.07 Å². The van der Waals surface area contributed by atoms with Gasteiger partial charge in [0.1, 0.15) is 11.6 Å². The molecule has 1 aromatic heterocycles. The third-order valence-corrected chi connectivity index (χ3v) is 3.14. The van der Waals surface area contributed by atoms with Crippen molar-refractivity contribution in [2.75, 3.05) is 23.4 Å². The molecule has 0 saturated heterocycles. The molecule has 0 unspecified atom stereocenters. The van der Waals surface area contributed by atoms with Gasteiger partial charge < -0.3 is 10.6 Å². The van der Waals surface area contributed by atoms with Crippen LogP contribution in [-0.4, -0.2) is 28.3 Å². The number of thioether (sulfide) groups is 1. The van der Waals surface area contributed by atoms with Gasteiger partial charge in [0.05, 0.1) is 0 Å². The summed E-state index contributed by atoms with van der Waals surface area (Å²) in [4.78, 5) is 8.92. The van der Waals surface area contributed by atoms with Crippen LogP contribution in [0.15, 0.2) is 11.2 Å². The molecule has 0 aliphatic rings. The van der Waals surface area contributed by atoms with Crippen LogP contribution in [0.4, 0.5) is 11.6 Å². The maximum Gasteiger partial charge on any atom is 0.191 e. The van der Waals surface area contributed by atoms with Crippen molar-refractivity contribution in [3.63, 3.8) is 0 Å². The van der Waals surface area contributed by atoms with Gasteiger partial charge in [0.25, 0.3) is 0 Å². The van der Waals surface area contributed by atoms with E-state index in [0.29, 0.717) is 0 Å². The number of nitrogens with zero attached hydrogens (tertiary/aromatic N) is 2. The van der Waals surface area contributed by atoms with E-state index in [1.807, 2.05) is 12.3 Å². The molecule has 0 fully saturated rings. The molecule has 0 aliphatic carbocycles. The number of aromatic nitrogens is 2. The Hall–Kier alpha value is -0.970. The Morgan fingerprint density at radius 1 is 1.22 bits per heavy atom. The highest BCUT2D eigenvalue weighted by molar-refractivity contribution is 7.98. The lowest BCUT2D eigenvalue weighted by Gasteiger charge is -2.26. The van der Waals surface area contributed by atoms with Crippen molar-refractivity contribution < 1.29 is 0 Å². The molecule has 102 valence electrons. The van der Waals surface area contributed by atoms with Crippen LogP contribution in [0.5, 0.6) is 0 Å². The fourth-order valence-corrected chi connectivity index (χ4v) is 2.27. The van der Waals surface area contributed by atoms with Gasteiger partial charge in [-0.2, -0.15) is 0 Å². The summed E-state index contributed by atoms with van der Waals surface area (Å²) in [6.45, 7) is 9.52. The van der Waals surface area contributed by atoms with E-state index in [4.69, 9.17) is 0 Å². The zero-order valence-corrected chi connectivity index (χ0v) is 12.8. The fourth-order valence-electron chi connectivity index (χ4n) is 1.89. The van der Waals surface area contributed by atoms with Crippen LogP contribution in [-0.2, 0) is 0 Å². The smallest absolute Gasteiger partial charge is 0.191 e. The van der Waals surface area contributed by atoms with Gasteiger partial charge in [-0.05, 0) is 33.4 Å². The summed E-state index contributed by atoms with van der Waals surface area (Å²) in [7, 11) is 0. The van der Waals surface area contributed by atoms with Crippen LogP contribution in [0.1, 0.15) is 40.5 Å². The van der Waals surface area contributed by atoms with Gasteiger partial charge >= 0.3 is 0 Å². The molecule has 5 heteroatoms. The molecule has 0 radical (unpaired) electrons. The monoisotopic (exact) mass is 268 g/mol. The van der Waals surface area contributed by atoms with E-state index in [9.17, 15) is 0 Å². The number of rotatable bonds is 7. The molecular weight excluding hydrogens is 244 g/mol. The van der Waals surface area contributed by atoms with Crippen molar-refractivity contribution in [1.29, 1.82) is 0 Å². The van der Waals surface area contributed by atoms with Crippen LogP contribution in [0, 0.1) is 0 Å². The van der Waals surface area contributed by atoms with Crippen LogP contribution in [0.2, 0.25) is 0 Å². The van der Waals surface area contributed by atoms with Crippen molar-refractivity contribution >= 4 is 23.4 Å². The number of hydrogen-bond donors (Lipinski definition) is 2. The summed E-state index contributed by atoms with van der Waals surface area (Å²) in [5, 5.41) is 7.52. The highest BCUT2D eigenvalue weighted by Crippen LogP contribution is 2.22. The Morgan fingerprint density at radius 2 is 1.89 bits per heavy atom. The zero-order chi connectivity index (χ0) is 13.6. The lowest BCUT2D eigenvalue weighted by atomic mass is 9.99. The first kappa shape index (κ1) is 15.1. The van der Waals surface area contributed by atoms with Gasteiger partial charge in [-0.1, -0.05) is 25.1 Å². The van der Waals surface area contributed by atoms with Crippen LogP contribution in [0.25, 0.3) is 0 Å². The zero-order valence-electron chi connectivity index (χ0n) is 12.0. The SMILES string of the molecule is CCCC(C)(C)Nc1cc(NCC)nc(SC)n1. The van der Waals surface area contributed by atoms with E-state index in [1.165, 1.54) is 0 Å². The Morgan fingerprint density at radius 3 is 2.44 bits per heavy atom. The van der Waals surface area contributed by atoms with E-state index in [2.05, 4.69) is 48.3 Å². The molecule has 1 rings (SSSR count). The maximum atomic E-state index is 4.50. The van der Waals surface area contributed by atoms with Crippen LogP contribution in [0.3, 0.4) is 0 Å². The van der Waals surface area contributed by atoms with E-state index in [-0.39, 0.29) is 5.54 Å². The molecule has 1 heterocycles. The quantitative estimate of drug-likeness (QED) is 0.584. The highest BCUT2D eigenvalue weighted by atomic mass is 32.2. The maximum absolute atomic E-state index is 4.50. The summed E-state index contributed by atoms with van der Waals surface area (Å²) in [6, 6.07) is 1.97. The summed E-state index contributed by atoms with van der Waals surface area (Å²) in [5.41, 5.74) is 0.0578. The summed E-state index contributed by atoms with van der Waals surface area (Å²) >= 11 is 1.56. The number of hydrogen-bond acceptors (Lipinski definition) is 5. The Bertz CT molecular complexity index is 379. The molecule has 0 aliphatic heterocycles. The predicted octanol–water partition coefficient (Wildman–Crippen LogP) is 3.62. The predicted molar refractivity (Wildman–Crippen MR) is 80.6 cm³/mol. The van der Waals surface area contributed by atoms with Gasteiger partial charge in [-0.25, -0.2) is 9.97 Å². The fraction of sp³-hybridized carbons (Fsp3) is 0.692. The molecule has 0 spiro atoms. The molecule has 0 aromatic carbocycles. The minimum absolute atomic E-state index is 0.0578. The van der Waals surface area contributed by atoms with Crippen molar-refractivity contribution in [3.8, 4) is 0 Å². The summed E-state index contributed by atoms with van der Waals surface area (Å²) in [5.74, 6) is 1.77. The normalized spacial score (nSPS) is 11.4. The number of anilines is 2. The molecule has 2 N–H and O–H groups in total. The molecular formula is C13H24N4S. The van der Waals surface area contributed by atoms with Gasteiger partial charge in [0.15, 0.2) is 5.16 Å². The van der Waals surface area contributed by atoms with E-state index in [0.717, 1.165) is 36.2 Å². The molecule has 0 saturated carbocycles. The van der Waals surface area contributed by atoms with Gasteiger partial charge in [-0.15, -0.1) is 0 Å². The lowest BCUT2D eigenvalue weighted by Crippen LogP contribution is -2.31. The standard InChI is InChI=1S/C13H24N4S/c1-6-8-13(3,4)17-11-9-10(14-7-2)15-12(16-11)18-5/h9H,6-8H2,1-5H3,(H2,14,15,16,17). The largest absolute Gasteiger partial charge is 0.370 e. The van der Waals surface area contributed by atoms with E-state index < -0.39 is 0 Å². The molecule has 0 bridgehead atoms. The van der Waals surface area contributed by atoms with Gasteiger partial charge in [0, 0.05) is 18.2 Å².